The number of aromatic nitrogens is 1. The van der Waals surface area contributed by atoms with Crippen LogP contribution in [-0.2, 0) is 0 Å². The summed E-state index contributed by atoms with van der Waals surface area (Å²) in [6, 6.07) is 19.3. The summed E-state index contributed by atoms with van der Waals surface area (Å²) in [6.45, 7) is 3.99. The number of hydrogen-bond donors (Lipinski definition) is 1. The summed E-state index contributed by atoms with van der Waals surface area (Å²) in [6.07, 6.45) is 0. The monoisotopic (exact) mass is 359 g/mol. The van der Waals surface area contributed by atoms with Crippen LogP contribution in [0.5, 0.6) is 5.75 Å². The predicted octanol–water partition coefficient (Wildman–Crippen LogP) is 6.70. The third-order valence-electron chi connectivity index (χ3n) is 4.11. The van der Waals surface area contributed by atoms with E-state index in [0.717, 1.165) is 33.0 Å². The van der Waals surface area contributed by atoms with Crippen molar-refractivity contribution in [3.8, 4) is 16.3 Å². The van der Waals surface area contributed by atoms with Crippen LogP contribution in [0.1, 0.15) is 11.1 Å². The van der Waals surface area contributed by atoms with Crippen molar-refractivity contribution in [2.45, 2.75) is 13.8 Å². The van der Waals surface area contributed by atoms with Crippen LogP contribution in [0.3, 0.4) is 0 Å². The molecule has 0 radical (unpaired) electrons. The van der Waals surface area contributed by atoms with Crippen LogP contribution in [-0.4, -0.2) is 10.1 Å². The zero-order valence-corrected chi connectivity index (χ0v) is 15.3. The minimum Gasteiger partial charge on any atom is -0.508 e. The van der Waals surface area contributed by atoms with E-state index in [0.29, 0.717) is 0 Å². The first-order chi connectivity index (χ1) is 12.6. The number of rotatable bonds is 3. The molecule has 0 aliphatic heterocycles. The van der Waals surface area contributed by atoms with Gasteiger partial charge in [-0.15, -0.1) is 11.3 Å². The molecule has 4 nitrogen and oxygen atoms in total. The Morgan fingerprint density at radius 1 is 0.885 bits per heavy atom. The Hall–Kier alpha value is -3.05. The molecule has 0 aliphatic rings. The molecule has 0 unspecified atom stereocenters. The van der Waals surface area contributed by atoms with Gasteiger partial charge in [-0.2, -0.15) is 10.2 Å². The van der Waals surface area contributed by atoms with Gasteiger partial charge >= 0.3 is 0 Å². The lowest BCUT2D eigenvalue weighted by Crippen LogP contribution is -1.76. The van der Waals surface area contributed by atoms with E-state index in [1.165, 1.54) is 10.3 Å². The van der Waals surface area contributed by atoms with Gasteiger partial charge in [0.15, 0.2) is 0 Å². The van der Waals surface area contributed by atoms with Crippen molar-refractivity contribution >= 4 is 32.9 Å². The average Bonchev–Trinajstić information content (AvgIpc) is 3.04. The van der Waals surface area contributed by atoms with Gasteiger partial charge < -0.3 is 5.11 Å². The normalized spacial score (nSPS) is 11.5. The Morgan fingerprint density at radius 2 is 1.69 bits per heavy atom. The van der Waals surface area contributed by atoms with E-state index >= 15 is 0 Å². The molecule has 0 saturated carbocycles. The number of nitrogens with zero attached hydrogens (tertiary/aromatic N) is 3. The van der Waals surface area contributed by atoms with Gasteiger partial charge in [-0.1, -0.05) is 6.07 Å². The number of phenols is 1. The minimum absolute atomic E-state index is 0.233. The smallest absolute Gasteiger partial charge is 0.124 e. The molecule has 0 bridgehead atoms. The highest BCUT2D eigenvalue weighted by Crippen LogP contribution is 2.32. The van der Waals surface area contributed by atoms with Crippen LogP contribution in [0.2, 0.25) is 0 Å². The second kappa shape index (κ2) is 6.69. The first kappa shape index (κ1) is 16.4. The minimum atomic E-state index is 0.233. The largest absolute Gasteiger partial charge is 0.508 e. The van der Waals surface area contributed by atoms with Crippen molar-refractivity contribution in [1.82, 2.24) is 4.98 Å². The van der Waals surface area contributed by atoms with Crippen molar-refractivity contribution in [2.75, 3.05) is 0 Å². The second-order valence-electron chi connectivity index (χ2n) is 6.21. The fourth-order valence-corrected chi connectivity index (χ4v) is 3.76. The van der Waals surface area contributed by atoms with Crippen molar-refractivity contribution in [3.05, 3.63) is 71.8 Å². The number of aromatic hydroxyl groups is 1. The third-order valence-corrected chi connectivity index (χ3v) is 5.18. The lowest BCUT2D eigenvalue weighted by atomic mass is 10.2. The van der Waals surface area contributed by atoms with Crippen LogP contribution in [0.25, 0.3) is 20.8 Å². The number of hydrogen-bond acceptors (Lipinski definition) is 5. The SMILES string of the molecule is Cc1ccc2nc(-c3ccc(N=Nc4ccc(O)cc4C)cc3)sc2c1. The summed E-state index contributed by atoms with van der Waals surface area (Å²) >= 11 is 1.70. The maximum Gasteiger partial charge on any atom is 0.124 e. The van der Waals surface area contributed by atoms with E-state index < -0.39 is 0 Å². The van der Waals surface area contributed by atoms with Crippen LogP contribution in [0.15, 0.2) is 70.9 Å². The number of thiazole rings is 1. The van der Waals surface area contributed by atoms with E-state index in [2.05, 4.69) is 35.4 Å². The average molecular weight is 359 g/mol. The number of fused-ring (bicyclic) bond motifs is 1. The van der Waals surface area contributed by atoms with E-state index in [4.69, 9.17) is 4.98 Å². The van der Waals surface area contributed by atoms with Gasteiger partial charge in [-0.3, -0.25) is 0 Å². The summed E-state index contributed by atoms with van der Waals surface area (Å²) in [5, 5.41) is 19.0. The van der Waals surface area contributed by atoms with E-state index in [1.807, 2.05) is 31.2 Å². The highest BCUT2D eigenvalue weighted by Gasteiger charge is 2.06. The van der Waals surface area contributed by atoms with Crippen LogP contribution < -0.4 is 0 Å². The van der Waals surface area contributed by atoms with E-state index in [-0.39, 0.29) is 5.75 Å². The molecule has 0 spiro atoms. The van der Waals surface area contributed by atoms with Gasteiger partial charge in [0.05, 0.1) is 21.6 Å². The maximum atomic E-state index is 9.45. The maximum absolute atomic E-state index is 9.45. The molecule has 1 N–H and O–H groups in total. The van der Waals surface area contributed by atoms with Gasteiger partial charge in [0.1, 0.15) is 10.8 Å². The first-order valence-electron chi connectivity index (χ1n) is 8.27. The molecule has 5 heteroatoms. The van der Waals surface area contributed by atoms with Gasteiger partial charge in [-0.25, -0.2) is 4.98 Å². The van der Waals surface area contributed by atoms with Crippen molar-refractivity contribution in [3.63, 3.8) is 0 Å². The molecule has 4 rings (SSSR count). The van der Waals surface area contributed by atoms with Crippen LogP contribution >= 0.6 is 11.3 Å². The standard InChI is InChI=1S/C21H17N3OS/c1-13-3-9-19-20(11-13)26-21(22-19)15-4-6-16(7-5-15)23-24-18-10-8-17(25)12-14(18)2/h3-12,25H,1-2H3. The molecule has 26 heavy (non-hydrogen) atoms. The molecule has 0 amide bonds. The molecule has 1 aromatic heterocycles. The highest BCUT2D eigenvalue weighted by atomic mass is 32.1. The molecule has 3 aromatic carbocycles. The number of aryl methyl sites for hydroxylation is 2. The number of benzene rings is 3. The van der Waals surface area contributed by atoms with Gasteiger partial charge in [0.2, 0.25) is 0 Å². The summed E-state index contributed by atoms with van der Waals surface area (Å²) in [5.41, 5.74) is 5.75. The van der Waals surface area contributed by atoms with E-state index in [9.17, 15) is 5.11 Å². The van der Waals surface area contributed by atoms with E-state index in [1.54, 1.807) is 29.5 Å². The quantitative estimate of drug-likeness (QED) is 0.414. The topological polar surface area (TPSA) is 57.8 Å². The Balaban J connectivity index is 1.58. The molecule has 0 saturated heterocycles. The fourth-order valence-electron chi connectivity index (χ4n) is 2.69. The molecule has 0 atom stereocenters. The lowest BCUT2D eigenvalue weighted by Gasteiger charge is -2.00. The summed E-state index contributed by atoms with van der Waals surface area (Å²) in [5.74, 6) is 0.233. The Kier molecular flexibility index (Phi) is 4.22. The predicted molar refractivity (Wildman–Crippen MR) is 107 cm³/mol. The van der Waals surface area contributed by atoms with Gasteiger partial charge in [-0.05, 0) is 79.6 Å². The number of azo groups is 1. The van der Waals surface area contributed by atoms with Gasteiger partial charge in [0, 0.05) is 5.56 Å². The van der Waals surface area contributed by atoms with Crippen molar-refractivity contribution in [1.29, 1.82) is 0 Å². The first-order valence-corrected chi connectivity index (χ1v) is 9.09. The lowest BCUT2D eigenvalue weighted by molar-refractivity contribution is 0.475. The molecular formula is C21H17N3OS. The summed E-state index contributed by atoms with van der Waals surface area (Å²) in [4.78, 5) is 4.71. The van der Waals surface area contributed by atoms with Crippen LogP contribution in [0, 0.1) is 13.8 Å². The zero-order chi connectivity index (χ0) is 18.1. The van der Waals surface area contributed by atoms with Crippen molar-refractivity contribution < 1.29 is 5.11 Å². The Labute approximate surface area is 155 Å². The fraction of sp³-hybridized carbons (Fsp3) is 0.0952. The molecule has 0 aliphatic carbocycles. The van der Waals surface area contributed by atoms with Gasteiger partial charge in [0.25, 0.3) is 0 Å². The molecule has 4 aromatic rings. The summed E-state index contributed by atoms with van der Waals surface area (Å²) in [7, 11) is 0. The molecule has 128 valence electrons. The molecule has 1 heterocycles. The van der Waals surface area contributed by atoms with Crippen molar-refractivity contribution in [2.24, 2.45) is 10.2 Å². The zero-order valence-electron chi connectivity index (χ0n) is 14.5. The summed E-state index contributed by atoms with van der Waals surface area (Å²) < 4.78 is 1.20. The second-order valence-corrected chi connectivity index (χ2v) is 7.24. The molecular weight excluding hydrogens is 342 g/mol. The van der Waals surface area contributed by atoms with Crippen LogP contribution in [0.4, 0.5) is 11.4 Å². The third kappa shape index (κ3) is 3.34. The Bertz CT molecular complexity index is 1110. The molecule has 0 fully saturated rings. The highest BCUT2D eigenvalue weighted by molar-refractivity contribution is 7.21. The number of phenolic OH excluding ortho intramolecular Hbond substituents is 1. The Morgan fingerprint density at radius 3 is 2.46 bits per heavy atom.